The highest BCUT2D eigenvalue weighted by atomic mass is 35.5. The number of fused-ring (bicyclic) bond motifs is 1. The lowest BCUT2D eigenvalue weighted by Crippen LogP contribution is -2.02. The summed E-state index contributed by atoms with van der Waals surface area (Å²) in [6, 6.07) is 16.2. The van der Waals surface area contributed by atoms with Gasteiger partial charge in [0.05, 0.1) is 21.8 Å². The molecule has 0 atom stereocenters. The maximum absolute atomic E-state index is 9.67. The van der Waals surface area contributed by atoms with E-state index in [-0.39, 0.29) is 0 Å². The second-order valence-corrected chi connectivity index (χ2v) is 7.23. The van der Waals surface area contributed by atoms with Crippen LogP contribution in [0.25, 0.3) is 23.1 Å². The molecule has 0 radical (unpaired) electrons. The molecular formula is C24H19ClN4. The topological polar surface area (TPSA) is 64.5 Å². The summed E-state index contributed by atoms with van der Waals surface area (Å²) in [5.41, 5.74) is 6.82. The van der Waals surface area contributed by atoms with Gasteiger partial charge in [-0.15, -0.1) is 0 Å². The minimum atomic E-state index is 0.480. The molecule has 4 rings (SSSR count). The first-order chi connectivity index (χ1) is 14.1. The highest BCUT2D eigenvalue weighted by molar-refractivity contribution is 6.35. The van der Waals surface area contributed by atoms with Crippen LogP contribution in [0.4, 0.5) is 11.4 Å². The van der Waals surface area contributed by atoms with Gasteiger partial charge < -0.3 is 10.3 Å². The van der Waals surface area contributed by atoms with E-state index in [0.717, 1.165) is 44.7 Å². The summed E-state index contributed by atoms with van der Waals surface area (Å²) in [5.74, 6) is 0. The van der Waals surface area contributed by atoms with Gasteiger partial charge >= 0.3 is 0 Å². The number of benzene rings is 2. The van der Waals surface area contributed by atoms with Crippen molar-refractivity contribution in [2.24, 2.45) is 0 Å². The van der Waals surface area contributed by atoms with Crippen LogP contribution in [0.2, 0.25) is 5.02 Å². The Labute approximate surface area is 174 Å². The molecule has 0 aliphatic carbocycles. The summed E-state index contributed by atoms with van der Waals surface area (Å²) in [4.78, 5) is 7.57. The summed E-state index contributed by atoms with van der Waals surface area (Å²) in [6.45, 7) is 3.97. The number of anilines is 2. The molecule has 142 valence electrons. The van der Waals surface area contributed by atoms with E-state index in [1.807, 2.05) is 74.7 Å². The van der Waals surface area contributed by atoms with E-state index >= 15 is 0 Å². The Hall–Kier alpha value is -3.55. The molecule has 0 saturated heterocycles. The van der Waals surface area contributed by atoms with Crippen LogP contribution in [0.5, 0.6) is 0 Å². The van der Waals surface area contributed by atoms with Crippen molar-refractivity contribution in [3.8, 4) is 6.07 Å². The average Bonchev–Trinajstić information content (AvgIpc) is 3.23. The van der Waals surface area contributed by atoms with Crippen molar-refractivity contribution in [2.75, 3.05) is 5.32 Å². The van der Waals surface area contributed by atoms with Gasteiger partial charge in [-0.3, -0.25) is 4.98 Å². The molecule has 2 N–H and O–H groups in total. The normalized spacial score (nSPS) is 11.1. The number of rotatable bonds is 4. The molecule has 4 aromatic rings. The van der Waals surface area contributed by atoms with Gasteiger partial charge in [0.1, 0.15) is 6.07 Å². The fourth-order valence-corrected chi connectivity index (χ4v) is 3.65. The molecule has 0 amide bonds. The molecule has 2 aromatic carbocycles. The molecule has 29 heavy (non-hydrogen) atoms. The second kappa shape index (κ2) is 7.83. The molecule has 2 aromatic heterocycles. The number of aromatic nitrogens is 2. The zero-order chi connectivity index (χ0) is 20.4. The summed E-state index contributed by atoms with van der Waals surface area (Å²) in [7, 11) is 0. The molecule has 0 aliphatic heterocycles. The zero-order valence-electron chi connectivity index (χ0n) is 16.1. The van der Waals surface area contributed by atoms with Crippen molar-refractivity contribution in [2.45, 2.75) is 13.8 Å². The first kappa shape index (κ1) is 18.8. The largest absolute Gasteiger partial charge is 0.360 e. The van der Waals surface area contributed by atoms with Crippen LogP contribution < -0.4 is 5.32 Å². The van der Waals surface area contributed by atoms with Gasteiger partial charge in [0, 0.05) is 34.7 Å². The Morgan fingerprint density at radius 3 is 2.69 bits per heavy atom. The number of halogens is 1. The molecule has 0 fully saturated rings. The maximum Gasteiger partial charge on any atom is 0.103 e. The smallest absolute Gasteiger partial charge is 0.103 e. The van der Waals surface area contributed by atoms with Gasteiger partial charge in [-0.2, -0.15) is 5.26 Å². The van der Waals surface area contributed by atoms with Crippen molar-refractivity contribution < 1.29 is 0 Å². The van der Waals surface area contributed by atoms with E-state index in [2.05, 4.69) is 21.4 Å². The number of nitriles is 1. The number of nitrogens with zero attached hydrogens (tertiary/aromatic N) is 2. The van der Waals surface area contributed by atoms with E-state index in [9.17, 15) is 5.26 Å². The number of aryl methyl sites for hydroxylation is 2. The quantitative estimate of drug-likeness (QED) is 0.406. The molecule has 0 spiro atoms. The van der Waals surface area contributed by atoms with Crippen LogP contribution in [0.3, 0.4) is 0 Å². The Balaban J connectivity index is 1.83. The van der Waals surface area contributed by atoms with Gasteiger partial charge in [0.25, 0.3) is 0 Å². The predicted octanol–water partition coefficient (Wildman–Crippen LogP) is 6.62. The Bertz CT molecular complexity index is 1260. The lowest BCUT2D eigenvalue weighted by Gasteiger charge is -2.16. The van der Waals surface area contributed by atoms with Crippen LogP contribution in [0, 0.1) is 25.2 Å². The number of nitrogens with one attached hydrogen (secondary N) is 2. The van der Waals surface area contributed by atoms with Gasteiger partial charge in [-0.25, -0.2) is 0 Å². The standard InChI is InChI=1S/C24H19ClN4/c1-15-19-10-11-27-24(19)21(25)12-22(15)29-23-18(13-26)14-28-16(2)20(23)9-8-17-6-4-3-5-7-17/h3-12,14,27H,1-2H3,(H,28,29)/b9-8+. The van der Waals surface area contributed by atoms with Crippen molar-refractivity contribution >= 4 is 46.0 Å². The highest BCUT2D eigenvalue weighted by Crippen LogP contribution is 2.35. The van der Waals surface area contributed by atoms with Crippen LogP contribution in [0.1, 0.15) is 27.9 Å². The number of aromatic amines is 1. The van der Waals surface area contributed by atoms with Crippen LogP contribution >= 0.6 is 11.6 Å². The number of pyridine rings is 1. The first-order valence-electron chi connectivity index (χ1n) is 9.24. The summed E-state index contributed by atoms with van der Waals surface area (Å²) >= 11 is 6.47. The summed E-state index contributed by atoms with van der Waals surface area (Å²) in [6.07, 6.45) is 7.49. The Morgan fingerprint density at radius 2 is 1.93 bits per heavy atom. The van der Waals surface area contributed by atoms with Crippen molar-refractivity contribution in [1.82, 2.24) is 9.97 Å². The molecule has 2 heterocycles. The van der Waals surface area contributed by atoms with E-state index in [4.69, 9.17) is 11.6 Å². The Kier molecular flexibility index (Phi) is 5.07. The van der Waals surface area contributed by atoms with Gasteiger partial charge in [-0.05, 0) is 37.1 Å². The molecule has 0 bridgehead atoms. The van der Waals surface area contributed by atoms with E-state index in [0.29, 0.717) is 10.6 Å². The lowest BCUT2D eigenvalue weighted by molar-refractivity contribution is 1.18. The van der Waals surface area contributed by atoms with E-state index in [1.54, 1.807) is 6.20 Å². The third-order valence-electron chi connectivity index (χ3n) is 5.00. The predicted molar refractivity (Wildman–Crippen MR) is 120 cm³/mol. The second-order valence-electron chi connectivity index (χ2n) is 6.82. The fraction of sp³-hybridized carbons (Fsp3) is 0.0833. The molecular weight excluding hydrogens is 380 g/mol. The number of H-pyrrole nitrogens is 1. The van der Waals surface area contributed by atoms with Crippen molar-refractivity contribution in [3.05, 3.63) is 87.8 Å². The third kappa shape index (κ3) is 3.61. The minimum absolute atomic E-state index is 0.480. The van der Waals surface area contributed by atoms with Crippen LogP contribution in [-0.2, 0) is 0 Å². The highest BCUT2D eigenvalue weighted by Gasteiger charge is 2.15. The van der Waals surface area contributed by atoms with Gasteiger partial charge in [0.15, 0.2) is 0 Å². The molecule has 0 aliphatic rings. The van der Waals surface area contributed by atoms with Crippen molar-refractivity contribution in [3.63, 3.8) is 0 Å². The first-order valence-corrected chi connectivity index (χ1v) is 9.62. The van der Waals surface area contributed by atoms with Gasteiger partial charge in [0.2, 0.25) is 0 Å². The molecule has 5 heteroatoms. The molecule has 4 nitrogen and oxygen atoms in total. The lowest BCUT2D eigenvalue weighted by atomic mass is 10.0. The number of hydrogen-bond donors (Lipinski definition) is 2. The zero-order valence-corrected chi connectivity index (χ0v) is 16.9. The van der Waals surface area contributed by atoms with Gasteiger partial charge in [-0.1, -0.05) is 54.1 Å². The summed E-state index contributed by atoms with van der Waals surface area (Å²) < 4.78 is 0. The van der Waals surface area contributed by atoms with Crippen LogP contribution in [0.15, 0.2) is 54.9 Å². The maximum atomic E-state index is 9.67. The van der Waals surface area contributed by atoms with E-state index < -0.39 is 0 Å². The Morgan fingerprint density at radius 1 is 1.14 bits per heavy atom. The minimum Gasteiger partial charge on any atom is -0.360 e. The average molecular weight is 399 g/mol. The SMILES string of the molecule is Cc1ncc(C#N)c(Nc2cc(Cl)c3[nH]ccc3c2C)c1/C=C/c1ccccc1. The van der Waals surface area contributed by atoms with E-state index in [1.165, 1.54) is 0 Å². The monoisotopic (exact) mass is 398 g/mol. The van der Waals surface area contributed by atoms with Crippen LogP contribution in [-0.4, -0.2) is 9.97 Å². The molecule has 0 unspecified atom stereocenters. The number of hydrogen-bond acceptors (Lipinski definition) is 3. The fourth-order valence-electron chi connectivity index (χ4n) is 3.38. The third-order valence-corrected chi connectivity index (χ3v) is 5.30. The summed E-state index contributed by atoms with van der Waals surface area (Å²) in [5, 5.41) is 14.8. The van der Waals surface area contributed by atoms with Crippen molar-refractivity contribution in [1.29, 1.82) is 5.26 Å². The molecule has 0 saturated carbocycles.